The first-order valence-electron chi connectivity index (χ1n) is 8.54. The fourth-order valence-electron chi connectivity index (χ4n) is 3.57. The third-order valence-corrected chi connectivity index (χ3v) is 4.94. The van der Waals surface area contributed by atoms with Crippen LogP contribution in [0.25, 0.3) is 11.1 Å². The number of aryl methyl sites for hydroxylation is 1. The van der Waals surface area contributed by atoms with Crippen LogP contribution >= 0.6 is 0 Å². The molecule has 0 fully saturated rings. The second-order valence-electron chi connectivity index (χ2n) is 7.36. The zero-order valence-electron chi connectivity index (χ0n) is 14.9. The van der Waals surface area contributed by atoms with Crippen molar-refractivity contribution >= 4 is 6.09 Å². The van der Waals surface area contributed by atoms with E-state index < -0.39 is 12.5 Å². The standard InChI is InChI=1S/C20H20F3NO3/c1-19(2)9-8-14-10-13(6-7-16(14)17(19)24-18(25)26)12-4-3-5-15(11-12)27-20(21,22)23/h3-7,10-11,17,24H,8-9H2,1-2H3,(H,25,26)/t17-/m1/s1. The van der Waals surface area contributed by atoms with Crippen molar-refractivity contribution in [2.75, 3.05) is 0 Å². The predicted molar refractivity (Wildman–Crippen MR) is 94.6 cm³/mol. The van der Waals surface area contributed by atoms with Crippen molar-refractivity contribution in [3.05, 3.63) is 53.6 Å². The highest BCUT2D eigenvalue weighted by atomic mass is 19.4. The van der Waals surface area contributed by atoms with Gasteiger partial charge in [0, 0.05) is 0 Å². The molecule has 0 radical (unpaired) electrons. The molecule has 2 N–H and O–H groups in total. The lowest BCUT2D eigenvalue weighted by Gasteiger charge is -2.40. The predicted octanol–water partition coefficient (Wildman–Crippen LogP) is 5.53. The van der Waals surface area contributed by atoms with Gasteiger partial charge in [-0.3, -0.25) is 0 Å². The number of ether oxygens (including phenoxy) is 1. The minimum absolute atomic E-state index is 0.229. The molecule has 1 aliphatic rings. The highest BCUT2D eigenvalue weighted by molar-refractivity contribution is 5.68. The molecule has 1 aliphatic carbocycles. The maximum absolute atomic E-state index is 12.4. The molecule has 0 bridgehead atoms. The van der Waals surface area contributed by atoms with Crippen molar-refractivity contribution in [1.82, 2.24) is 5.32 Å². The van der Waals surface area contributed by atoms with Gasteiger partial charge >= 0.3 is 12.5 Å². The van der Waals surface area contributed by atoms with Gasteiger partial charge in [-0.05, 0) is 52.6 Å². The lowest BCUT2D eigenvalue weighted by Crippen LogP contribution is -2.40. The van der Waals surface area contributed by atoms with Gasteiger partial charge in [0.1, 0.15) is 5.75 Å². The second kappa shape index (κ2) is 6.79. The SMILES string of the molecule is CC1(C)CCc2cc(-c3cccc(OC(F)(F)F)c3)ccc2[C@H]1NC(=O)O. The van der Waals surface area contributed by atoms with Crippen molar-refractivity contribution in [3.8, 4) is 16.9 Å². The van der Waals surface area contributed by atoms with E-state index >= 15 is 0 Å². The Hall–Kier alpha value is -2.70. The molecule has 3 rings (SSSR count). The summed E-state index contributed by atoms with van der Waals surface area (Å²) < 4.78 is 41.3. The number of benzene rings is 2. The van der Waals surface area contributed by atoms with Gasteiger partial charge in [0.2, 0.25) is 0 Å². The normalized spacial score (nSPS) is 18.5. The number of alkyl halides is 3. The molecule has 0 spiro atoms. The van der Waals surface area contributed by atoms with Gasteiger partial charge in [-0.15, -0.1) is 13.2 Å². The first-order chi connectivity index (χ1) is 12.5. The number of halogens is 3. The van der Waals surface area contributed by atoms with Crippen molar-refractivity contribution in [2.24, 2.45) is 5.41 Å². The summed E-state index contributed by atoms with van der Waals surface area (Å²) in [6, 6.07) is 11.0. The Bertz CT molecular complexity index is 862. The first kappa shape index (κ1) is 19.1. The van der Waals surface area contributed by atoms with E-state index in [1.54, 1.807) is 12.1 Å². The number of amides is 1. The zero-order valence-corrected chi connectivity index (χ0v) is 14.9. The average Bonchev–Trinajstić information content (AvgIpc) is 2.55. The van der Waals surface area contributed by atoms with E-state index in [4.69, 9.17) is 5.11 Å². The first-order valence-corrected chi connectivity index (χ1v) is 8.54. The molecular weight excluding hydrogens is 359 g/mol. The minimum Gasteiger partial charge on any atom is -0.465 e. The Labute approximate surface area is 155 Å². The van der Waals surface area contributed by atoms with Crippen LogP contribution in [0.1, 0.15) is 37.4 Å². The highest BCUT2D eigenvalue weighted by Crippen LogP contribution is 2.44. The van der Waals surface area contributed by atoms with Crippen LogP contribution in [0.2, 0.25) is 0 Å². The summed E-state index contributed by atoms with van der Waals surface area (Å²) in [7, 11) is 0. The molecule has 27 heavy (non-hydrogen) atoms. The average molecular weight is 379 g/mol. The number of fused-ring (bicyclic) bond motifs is 1. The third-order valence-electron chi connectivity index (χ3n) is 4.94. The maximum Gasteiger partial charge on any atom is 0.573 e. The summed E-state index contributed by atoms with van der Waals surface area (Å²) in [4.78, 5) is 11.2. The Morgan fingerprint density at radius 1 is 1.19 bits per heavy atom. The molecule has 7 heteroatoms. The van der Waals surface area contributed by atoms with Crippen molar-refractivity contribution < 1.29 is 27.8 Å². The van der Waals surface area contributed by atoms with Gasteiger partial charge in [0.15, 0.2) is 0 Å². The largest absolute Gasteiger partial charge is 0.573 e. The molecule has 0 saturated carbocycles. The molecule has 144 valence electrons. The lowest BCUT2D eigenvalue weighted by molar-refractivity contribution is -0.274. The van der Waals surface area contributed by atoms with E-state index in [0.717, 1.165) is 29.5 Å². The van der Waals surface area contributed by atoms with Crippen molar-refractivity contribution in [2.45, 2.75) is 39.1 Å². The van der Waals surface area contributed by atoms with Crippen LogP contribution in [0, 0.1) is 5.41 Å². The van der Waals surface area contributed by atoms with Crippen LogP contribution in [0.3, 0.4) is 0 Å². The van der Waals surface area contributed by atoms with Crippen molar-refractivity contribution in [3.63, 3.8) is 0 Å². The van der Waals surface area contributed by atoms with Gasteiger partial charge in [-0.1, -0.05) is 44.2 Å². The lowest BCUT2D eigenvalue weighted by atomic mass is 9.70. The fourth-order valence-corrected chi connectivity index (χ4v) is 3.57. The summed E-state index contributed by atoms with van der Waals surface area (Å²) in [6.07, 6.45) is -4.25. The number of carboxylic acid groups (broad SMARTS) is 1. The highest BCUT2D eigenvalue weighted by Gasteiger charge is 2.37. The van der Waals surface area contributed by atoms with Crippen LogP contribution in [0.5, 0.6) is 5.75 Å². The molecule has 1 amide bonds. The quantitative estimate of drug-likeness (QED) is 0.737. The molecule has 4 nitrogen and oxygen atoms in total. The van der Waals surface area contributed by atoms with E-state index in [-0.39, 0.29) is 17.2 Å². The molecule has 1 atom stereocenters. The Morgan fingerprint density at radius 2 is 1.89 bits per heavy atom. The van der Waals surface area contributed by atoms with E-state index in [9.17, 15) is 18.0 Å². The smallest absolute Gasteiger partial charge is 0.465 e. The third kappa shape index (κ3) is 4.35. The molecule has 0 heterocycles. The van der Waals surface area contributed by atoms with Gasteiger partial charge < -0.3 is 15.2 Å². The zero-order chi connectivity index (χ0) is 19.8. The van der Waals surface area contributed by atoms with Gasteiger partial charge in [-0.2, -0.15) is 0 Å². The number of carbonyl (C=O) groups is 1. The molecule has 0 saturated heterocycles. The number of nitrogens with one attached hydrogen (secondary N) is 1. The van der Waals surface area contributed by atoms with Crippen LogP contribution < -0.4 is 10.1 Å². The van der Waals surface area contributed by atoms with E-state index in [2.05, 4.69) is 10.1 Å². The molecule has 0 aliphatic heterocycles. The summed E-state index contributed by atoms with van der Waals surface area (Å²) >= 11 is 0. The molecule has 2 aromatic rings. The van der Waals surface area contributed by atoms with E-state index in [1.807, 2.05) is 26.0 Å². The Balaban J connectivity index is 1.95. The van der Waals surface area contributed by atoms with E-state index in [0.29, 0.717) is 5.56 Å². The summed E-state index contributed by atoms with van der Waals surface area (Å²) in [5.41, 5.74) is 3.03. The Morgan fingerprint density at radius 3 is 2.56 bits per heavy atom. The van der Waals surface area contributed by atoms with Crippen LogP contribution in [0.4, 0.5) is 18.0 Å². The number of rotatable bonds is 3. The van der Waals surface area contributed by atoms with Gasteiger partial charge in [-0.25, -0.2) is 4.79 Å². The molecule has 0 unspecified atom stereocenters. The summed E-state index contributed by atoms with van der Waals surface area (Å²) in [5.74, 6) is -0.274. The number of hydrogen-bond acceptors (Lipinski definition) is 2. The molecule has 2 aromatic carbocycles. The molecule has 0 aromatic heterocycles. The molecular formula is C20H20F3NO3. The Kier molecular flexibility index (Phi) is 4.80. The monoisotopic (exact) mass is 379 g/mol. The maximum atomic E-state index is 12.4. The van der Waals surface area contributed by atoms with Gasteiger partial charge in [0.05, 0.1) is 6.04 Å². The summed E-state index contributed by atoms with van der Waals surface area (Å²) in [5, 5.41) is 11.8. The van der Waals surface area contributed by atoms with Crippen LogP contribution in [-0.2, 0) is 6.42 Å². The minimum atomic E-state index is -4.74. The second-order valence-corrected chi connectivity index (χ2v) is 7.36. The van der Waals surface area contributed by atoms with Crippen molar-refractivity contribution in [1.29, 1.82) is 0 Å². The fraction of sp³-hybridized carbons (Fsp3) is 0.350. The van der Waals surface area contributed by atoms with E-state index in [1.165, 1.54) is 18.2 Å². The topological polar surface area (TPSA) is 58.6 Å². The summed E-state index contributed by atoms with van der Waals surface area (Å²) in [6.45, 7) is 4.03. The van der Waals surface area contributed by atoms with Gasteiger partial charge in [0.25, 0.3) is 0 Å². The van der Waals surface area contributed by atoms with Crippen LogP contribution in [-0.4, -0.2) is 17.6 Å². The number of hydrogen-bond donors (Lipinski definition) is 2. The van der Waals surface area contributed by atoms with Crippen LogP contribution in [0.15, 0.2) is 42.5 Å².